The zero-order valence-electron chi connectivity index (χ0n) is 10.8. The van der Waals surface area contributed by atoms with Gasteiger partial charge in [0.2, 0.25) is 0 Å². The molecule has 0 bridgehead atoms. The van der Waals surface area contributed by atoms with Crippen LogP contribution in [0.1, 0.15) is 17.2 Å². The lowest BCUT2D eigenvalue weighted by molar-refractivity contribution is 0.522. The second kappa shape index (κ2) is 6.66. The molecule has 1 nitrogen and oxygen atoms in total. The van der Waals surface area contributed by atoms with E-state index in [2.05, 4.69) is 21.2 Å². The van der Waals surface area contributed by atoms with E-state index in [1.165, 1.54) is 0 Å². The average molecular weight is 361 g/mol. The van der Waals surface area contributed by atoms with E-state index in [0.717, 1.165) is 22.2 Å². The fourth-order valence-corrected chi connectivity index (χ4v) is 2.65. The normalized spacial score (nSPS) is 12.4. The number of benzene rings is 2. The van der Waals surface area contributed by atoms with Gasteiger partial charge in [-0.3, -0.25) is 0 Å². The molecule has 1 atom stereocenters. The minimum atomic E-state index is -0.615. The highest BCUT2D eigenvalue weighted by atomic mass is 79.9. The summed E-state index contributed by atoms with van der Waals surface area (Å²) in [6.45, 7) is 0. The van der Waals surface area contributed by atoms with Gasteiger partial charge in [-0.15, -0.1) is 0 Å². The van der Waals surface area contributed by atoms with Crippen molar-refractivity contribution < 1.29 is 8.78 Å². The van der Waals surface area contributed by atoms with Crippen molar-refractivity contribution >= 4 is 27.5 Å². The Morgan fingerprint density at radius 1 is 1.20 bits per heavy atom. The first-order valence-electron chi connectivity index (χ1n) is 6.08. The van der Waals surface area contributed by atoms with Crippen LogP contribution >= 0.6 is 27.5 Å². The minimum absolute atomic E-state index is 0.206. The predicted octanol–water partition coefficient (Wildman–Crippen LogP) is 4.88. The lowest BCUT2D eigenvalue weighted by Crippen LogP contribution is -2.20. The maximum Gasteiger partial charge on any atom is 0.142 e. The molecule has 1 unspecified atom stereocenters. The average Bonchev–Trinajstić information content (AvgIpc) is 2.42. The van der Waals surface area contributed by atoms with Crippen molar-refractivity contribution in [2.24, 2.45) is 0 Å². The van der Waals surface area contributed by atoms with Gasteiger partial charge >= 0.3 is 0 Å². The number of rotatable bonds is 4. The van der Waals surface area contributed by atoms with Gasteiger partial charge in [-0.05, 0) is 37.2 Å². The summed E-state index contributed by atoms with van der Waals surface area (Å²) in [6.07, 6.45) is 0.538. The lowest BCUT2D eigenvalue weighted by Gasteiger charge is -2.18. The van der Waals surface area contributed by atoms with Gasteiger partial charge in [0.15, 0.2) is 0 Å². The number of hydrogen-bond acceptors (Lipinski definition) is 1. The Kier molecular flexibility index (Phi) is 5.13. The monoisotopic (exact) mass is 359 g/mol. The minimum Gasteiger partial charge on any atom is -0.313 e. The van der Waals surface area contributed by atoms with Crippen LogP contribution in [0.4, 0.5) is 8.78 Å². The summed E-state index contributed by atoms with van der Waals surface area (Å²) >= 11 is 9.03. The van der Waals surface area contributed by atoms with Gasteiger partial charge in [-0.1, -0.05) is 45.7 Å². The number of likely N-dealkylation sites (N-methyl/N-ethyl adjacent to an activating group) is 1. The molecule has 2 rings (SSSR count). The van der Waals surface area contributed by atoms with Crippen molar-refractivity contribution in [3.8, 4) is 0 Å². The van der Waals surface area contributed by atoms with E-state index in [-0.39, 0.29) is 16.6 Å². The third-order valence-corrected chi connectivity index (χ3v) is 4.21. The van der Waals surface area contributed by atoms with Crippen LogP contribution in [0.2, 0.25) is 5.02 Å². The SMILES string of the molecule is CNC(Cc1ccccc1Br)c1cc(F)c(Cl)cc1F. The van der Waals surface area contributed by atoms with Crippen LogP contribution in [0, 0.1) is 11.6 Å². The Morgan fingerprint density at radius 3 is 2.55 bits per heavy atom. The van der Waals surface area contributed by atoms with Crippen molar-refractivity contribution in [1.82, 2.24) is 5.32 Å². The van der Waals surface area contributed by atoms with Crippen molar-refractivity contribution in [3.63, 3.8) is 0 Å². The molecule has 2 aromatic rings. The van der Waals surface area contributed by atoms with Crippen molar-refractivity contribution in [3.05, 3.63) is 68.7 Å². The Bertz CT molecular complexity index is 619. The molecule has 0 fully saturated rings. The van der Waals surface area contributed by atoms with Gasteiger partial charge in [0, 0.05) is 16.1 Å². The summed E-state index contributed by atoms with van der Waals surface area (Å²) in [5.74, 6) is -1.13. The van der Waals surface area contributed by atoms with Crippen LogP contribution in [0.5, 0.6) is 0 Å². The summed E-state index contributed by atoms with van der Waals surface area (Å²) in [5, 5.41) is 2.80. The fraction of sp³-hybridized carbons (Fsp3) is 0.200. The molecule has 0 aromatic heterocycles. The zero-order chi connectivity index (χ0) is 14.7. The Morgan fingerprint density at radius 2 is 1.90 bits per heavy atom. The van der Waals surface area contributed by atoms with Crippen LogP contribution in [-0.2, 0) is 6.42 Å². The largest absolute Gasteiger partial charge is 0.313 e. The maximum atomic E-state index is 14.0. The van der Waals surface area contributed by atoms with E-state index < -0.39 is 11.6 Å². The van der Waals surface area contributed by atoms with E-state index in [1.807, 2.05) is 24.3 Å². The molecule has 0 spiro atoms. The molecular weight excluding hydrogens is 348 g/mol. The van der Waals surface area contributed by atoms with Crippen LogP contribution in [0.3, 0.4) is 0 Å². The summed E-state index contributed by atoms with van der Waals surface area (Å²) in [5.41, 5.74) is 1.28. The third kappa shape index (κ3) is 3.37. The Balaban J connectivity index is 2.34. The summed E-state index contributed by atoms with van der Waals surface area (Å²) in [6, 6.07) is 9.50. The van der Waals surface area contributed by atoms with Crippen LogP contribution in [-0.4, -0.2) is 7.05 Å². The van der Waals surface area contributed by atoms with E-state index in [0.29, 0.717) is 6.42 Å². The van der Waals surface area contributed by atoms with Crippen LogP contribution < -0.4 is 5.32 Å². The first-order chi connectivity index (χ1) is 9.52. The molecule has 2 aromatic carbocycles. The third-order valence-electron chi connectivity index (χ3n) is 3.15. The summed E-state index contributed by atoms with van der Waals surface area (Å²) in [7, 11) is 1.72. The number of hydrogen-bond donors (Lipinski definition) is 1. The number of halogens is 4. The molecule has 0 saturated carbocycles. The molecule has 0 aliphatic carbocycles. The molecule has 0 heterocycles. The first-order valence-corrected chi connectivity index (χ1v) is 7.25. The van der Waals surface area contributed by atoms with Gasteiger partial charge in [-0.2, -0.15) is 0 Å². The molecule has 106 valence electrons. The molecule has 0 aliphatic heterocycles. The molecule has 1 N–H and O–H groups in total. The van der Waals surface area contributed by atoms with Gasteiger partial charge in [0.25, 0.3) is 0 Å². The highest BCUT2D eigenvalue weighted by Crippen LogP contribution is 2.28. The Labute approximate surface area is 130 Å². The van der Waals surface area contributed by atoms with E-state index >= 15 is 0 Å². The fourth-order valence-electron chi connectivity index (χ4n) is 2.06. The van der Waals surface area contributed by atoms with Gasteiger partial charge in [0.1, 0.15) is 11.6 Å². The molecule has 0 aliphatic rings. The molecule has 0 radical (unpaired) electrons. The highest BCUT2D eigenvalue weighted by Gasteiger charge is 2.18. The maximum absolute atomic E-state index is 14.0. The smallest absolute Gasteiger partial charge is 0.142 e. The second-order valence-corrected chi connectivity index (χ2v) is 5.69. The molecule has 5 heteroatoms. The summed E-state index contributed by atoms with van der Waals surface area (Å²) in [4.78, 5) is 0. The van der Waals surface area contributed by atoms with Crippen molar-refractivity contribution in [1.29, 1.82) is 0 Å². The molecule has 0 amide bonds. The first kappa shape index (κ1) is 15.4. The lowest BCUT2D eigenvalue weighted by atomic mass is 9.98. The van der Waals surface area contributed by atoms with Crippen molar-refractivity contribution in [2.45, 2.75) is 12.5 Å². The van der Waals surface area contributed by atoms with Gasteiger partial charge in [0.05, 0.1) is 5.02 Å². The van der Waals surface area contributed by atoms with Gasteiger partial charge < -0.3 is 5.32 Å². The number of nitrogens with one attached hydrogen (secondary N) is 1. The van der Waals surface area contributed by atoms with Crippen molar-refractivity contribution in [2.75, 3.05) is 7.05 Å². The predicted molar refractivity (Wildman–Crippen MR) is 81.0 cm³/mol. The highest BCUT2D eigenvalue weighted by molar-refractivity contribution is 9.10. The second-order valence-electron chi connectivity index (χ2n) is 4.42. The zero-order valence-corrected chi connectivity index (χ0v) is 13.1. The van der Waals surface area contributed by atoms with E-state index in [4.69, 9.17) is 11.6 Å². The van der Waals surface area contributed by atoms with Gasteiger partial charge in [-0.25, -0.2) is 8.78 Å². The van der Waals surface area contributed by atoms with E-state index in [9.17, 15) is 8.78 Å². The quantitative estimate of drug-likeness (QED) is 0.766. The topological polar surface area (TPSA) is 12.0 Å². The Hall–Kier alpha value is -0.970. The summed E-state index contributed by atoms with van der Waals surface area (Å²) < 4.78 is 28.4. The van der Waals surface area contributed by atoms with Crippen LogP contribution in [0.25, 0.3) is 0 Å². The standard InChI is InChI=1S/C15H13BrClF2N/c1-20-15(6-9-4-2-3-5-11(9)16)10-7-14(19)12(17)8-13(10)18/h2-5,7-8,15,20H,6H2,1H3. The molecule has 0 saturated heterocycles. The van der Waals surface area contributed by atoms with E-state index in [1.54, 1.807) is 7.05 Å². The molecule has 20 heavy (non-hydrogen) atoms. The van der Waals surface area contributed by atoms with Crippen LogP contribution in [0.15, 0.2) is 40.9 Å². The molecular formula is C15H13BrClF2N.